The number of likely N-dealkylation sites (tertiary alicyclic amines) is 1. The fourth-order valence-electron chi connectivity index (χ4n) is 5.44. The number of aryl methyl sites for hydroxylation is 1. The predicted octanol–water partition coefficient (Wildman–Crippen LogP) is 3.32. The fourth-order valence-corrected chi connectivity index (χ4v) is 5.44. The number of piperazine rings is 1. The number of pyridine rings is 1. The van der Waals surface area contributed by atoms with Crippen LogP contribution < -0.4 is 15.1 Å². The summed E-state index contributed by atoms with van der Waals surface area (Å²) in [5, 5.41) is 3.39. The topological polar surface area (TPSA) is 69.6 Å². The largest absolute Gasteiger partial charge is 0.378 e. The van der Waals surface area contributed by atoms with Crippen molar-refractivity contribution in [2.24, 2.45) is 0 Å². The second-order valence-corrected chi connectivity index (χ2v) is 9.53. The minimum atomic E-state index is 0.587. The molecule has 176 valence electrons. The van der Waals surface area contributed by atoms with Crippen molar-refractivity contribution in [3.63, 3.8) is 0 Å². The zero-order valence-corrected chi connectivity index (χ0v) is 19.8. The third kappa shape index (κ3) is 4.08. The van der Waals surface area contributed by atoms with E-state index in [9.17, 15) is 0 Å². The van der Waals surface area contributed by atoms with Crippen LogP contribution in [0.4, 0.5) is 23.1 Å². The van der Waals surface area contributed by atoms with Gasteiger partial charge in [0.2, 0.25) is 5.95 Å². The van der Waals surface area contributed by atoms with Crippen LogP contribution in [0.25, 0.3) is 11.3 Å². The average Bonchev–Trinajstić information content (AvgIpc) is 3.45. The lowest BCUT2D eigenvalue weighted by Gasteiger charge is -2.34. The number of ether oxygens (including phenoxy) is 1. The summed E-state index contributed by atoms with van der Waals surface area (Å²) in [5.41, 5.74) is 5.44. The van der Waals surface area contributed by atoms with Gasteiger partial charge in [-0.2, -0.15) is 0 Å². The maximum Gasteiger partial charge on any atom is 0.227 e. The highest BCUT2D eigenvalue weighted by Gasteiger charge is 2.41. The van der Waals surface area contributed by atoms with Crippen LogP contribution in [0.1, 0.15) is 12.0 Å². The molecule has 0 aliphatic carbocycles. The van der Waals surface area contributed by atoms with Gasteiger partial charge in [-0.1, -0.05) is 0 Å². The molecule has 6 rings (SSSR count). The summed E-state index contributed by atoms with van der Waals surface area (Å²) in [6.07, 6.45) is 4.95. The number of nitrogens with one attached hydrogen (secondary N) is 1. The molecule has 0 spiro atoms. The Morgan fingerprint density at radius 1 is 1.00 bits per heavy atom. The summed E-state index contributed by atoms with van der Waals surface area (Å²) in [6, 6.07) is 13.9. The lowest BCUT2D eigenvalue weighted by atomic mass is 10.1. The molecule has 0 radical (unpaired) electrons. The first kappa shape index (κ1) is 21.3. The Morgan fingerprint density at radius 2 is 1.88 bits per heavy atom. The minimum Gasteiger partial charge on any atom is -0.378 e. The smallest absolute Gasteiger partial charge is 0.227 e. The summed E-state index contributed by atoms with van der Waals surface area (Å²) in [5.74, 6) is 1.57. The number of nitrogens with zero attached hydrogens (tertiary/aromatic N) is 6. The van der Waals surface area contributed by atoms with Gasteiger partial charge in [0.1, 0.15) is 5.82 Å². The Kier molecular flexibility index (Phi) is 5.55. The standard InChI is InChI=1S/C26H31N7O/c1-18-13-20(4-5-24(18)33-17-21-14-22(33)16-31(21)2)29-26-27-8-7-23(30-26)19-3-6-25(28-15-19)32-9-11-34-12-10-32/h3-8,13,15,21-22H,9-12,14,16-17H2,1-2H3,(H,27,29,30)/t21-,22-/m0/s1. The summed E-state index contributed by atoms with van der Waals surface area (Å²) in [6.45, 7) is 7.73. The Hall–Kier alpha value is -3.23. The number of likely N-dealkylation sites (N-methyl/N-ethyl adjacent to an activating group) is 1. The Labute approximate surface area is 200 Å². The second kappa shape index (κ2) is 8.85. The quantitative estimate of drug-likeness (QED) is 0.626. The van der Waals surface area contributed by atoms with E-state index in [2.05, 4.69) is 74.3 Å². The van der Waals surface area contributed by atoms with E-state index in [4.69, 9.17) is 9.72 Å². The number of hydrogen-bond donors (Lipinski definition) is 1. The van der Waals surface area contributed by atoms with Crippen molar-refractivity contribution >= 4 is 23.1 Å². The molecule has 0 unspecified atom stereocenters. The van der Waals surface area contributed by atoms with Crippen molar-refractivity contribution in [3.8, 4) is 11.3 Å². The van der Waals surface area contributed by atoms with Crippen LogP contribution in [0.15, 0.2) is 48.8 Å². The minimum absolute atomic E-state index is 0.587. The number of morpholine rings is 1. The highest BCUT2D eigenvalue weighted by molar-refractivity contribution is 5.66. The molecule has 3 saturated heterocycles. The summed E-state index contributed by atoms with van der Waals surface area (Å²) in [7, 11) is 2.24. The average molecular weight is 458 g/mol. The number of benzene rings is 1. The van der Waals surface area contributed by atoms with Crippen molar-refractivity contribution in [1.82, 2.24) is 19.9 Å². The maximum absolute atomic E-state index is 5.43. The molecule has 2 aromatic heterocycles. The summed E-state index contributed by atoms with van der Waals surface area (Å²) >= 11 is 0. The molecule has 3 aliphatic heterocycles. The molecule has 0 saturated carbocycles. The monoisotopic (exact) mass is 457 g/mol. The van der Waals surface area contributed by atoms with Crippen molar-refractivity contribution in [2.75, 3.05) is 61.6 Å². The van der Waals surface area contributed by atoms with Crippen molar-refractivity contribution in [3.05, 3.63) is 54.4 Å². The Bertz CT molecular complexity index is 1160. The van der Waals surface area contributed by atoms with Gasteiger partial charge in [-0.05, 0) is 62.4 Å². The number of rotatable bonds is 5. The number of aromatic nitrogens is 3. The van der Waals surface area contributed by atoms with Gasteiger partial charge in [-0.15, -0.1) is 0 Å². The highest BCUT2D eigenvalue weighted by atomic mass is 16.5. The Balaban J connectivity index is 1.16. The number of fused-ring (bicyclic) bond motifs is 2. The van der Waals surface area contributed by atoms with Crippen LogP contribution in [-0.4, -0.2) is 78.4 Å². The first-order chi connectivity index (χ1) is 16.6. The molecule has 2 atom stereocenters. The van der Waals surface area contributed by atoms with Gasteiger partial charge in [0.15, 0.2) is 0 Å². The molecule has 5 heterocycles. The first-order valence-electron chi connectivity index (χ1n) is 12.1. The van der Waals surface area contributed by atoms with Crippen molar-refractivity contribution in [1.29, 1.82) is 0 Å². The van der Waals surface area contributed by atoms with Gasteiger partial charge in [-0.25, -0.2) is 15.0 Å². The van der Waals surface area contributed by atoms with Gasteiger partial charge in [0.25, 0.3) is 0 Å². The lowest BCUT2D eigenvalue weighted by molar-refractivity contribution is 0.122. The van der Waals surface area contributed by atoms with Gasteiger partial charge < -0.3 is 19.9 Å². The van der Waals surface area contributed by atoms with E-state index in [1.807, 2.05) is 12.3 Å². The van der Waals surface area contributed by atoms with Crippen LogP contribution in [-0.2, 0) is 4.74 Å². The molecule has 1 aromatic carbocycles. The molecular formula is C26H31N7O. The van der Waals surface area contributed by atoms with Gasteiger partial charge in [0.05, 0.1) is 18.9 Å². The molecule has 3 aromatic rings. The zero-order valence-electron chi connectivity index (χ0n) is 19.8. The molecule has 3 fully saturated rings. The van der Waals surface area contributed by atoms with E-state index in [1.54, 1.807) is 6.20 Å². The normalized spacial score (nSPS) is 22.4. The van der Waals surface area contributed by atoms with Crippen LogP contribution in [0.2, 0.25) is 0 Å². The molecule has 34 heavy (non-hydrogen) atoms. The van der Waals surface area contributed by atoms with Crippen molar-refractivity contribution in [2.45, 2.75) is 25.4 Å². The predicted molar refractivity (Wildman–Crippen MR) is 135 cm³/mol. The van der Waals surface area contributed by atoms with Gasteiger partial charge in [-0.3, -0.25) is 4.90 Å². The molecule has 1 N–H and O–H groups in total. The number of anilines is 4. The van der Waals surface area contributed by atoms with E-state index in [0.717, 1.165) is 62.2 Å². The third-order valence-electron chi connectivity index (χ3n) is 7.31. The third-order valence-corrected chi connectivity index (χ3v) is 7.31. The van der Waals surface area contributed by atoms with Crippen LogP contribution in [0, 0.1) is 6.92 Å². The second-order valence-electron chi connectivity index (χ2n) is 9.53. The molecule has 8 nitrogen and oxygen atoms in total. The molecule has 2 bridgehead atoms. The van der Waals surface area contributed by atoms with Gasteiger partial charge in [0, 0.05) is 67.6 Å². The lowest BCUT2D eigenvalue weighted by Crippen LogP contribution is -2.44. The molecule has 3 aliphatic rings. The van der Waals surface area contributed by atoms with Crippen LogP contribution in [0.5, 0.6) is 0 Å². The highest BCUT2D eigenvalue weighted by Crippen LogP contribution is 2.36. The van der Waals surface area contributed by atoms with Crippen LogP contribution in [0.3, 0.4) is 0 Å². The zero-order chi connectivity index (χ0) is 23.1. The van der Waals surface area contributed by atoms with Crippen LogP contribution >= 0.6 is 0 Å². The summed E-state index contributed by atoms with van der Waals surface area (Å²) in [4.78, 5) is 21.1. The molecule has 0 amide bonds. The van der Waals surface area contributed by atoms with E-state index < -0.39 is 0 Å². The Morgan fingerprint density at radius 3 is 2.59 bits per heavy atom. The molecular weight excluding hydrogens is 426 g/mol. The summed E-state index contributed by atoms with van der Waals surface area (Å²) < 4.78 is 5.43. The van der Waals surface area contributed by atoms with E-state index >= 15 is 0 Å². The van der Waals surface area contributed by atoms with E-state index in [0.29, 0.717) is 18.0 Å². The fraction of sp³-hybridized carbons (Fsp3) is 0.423. The maximum atomic E-state index is 5.43. The molecule has 8 heteroatoms. The van der Waals surface area contributed by atoms with Crippen molar-refractivity contribution < 1.29 is 4.74 Å². The van der Waals surface area contributed by atoms with E-state index in [1.165, 1.54) is 17.7 Å². The number of hydrogen-bond acceptors (Lipinski definition) is 8. The van der Waals surface area contributed by atoms with E-state index in [-0.39, 0.29) is 0 Å². The SMILES string of the molecule is Cc1cc(Nc2nccc(-c3ccc(N4CCOCC4)nc3)n2)ccc1N1C[C@@H]2C[C@H]1CN2C. The first-order valence-corrected chi connectivity index (χ1v) is 12.1. The van der Waals surface area contributed by atoms with Gasteiger partial charge >= 0.3 is 0 Å².